The largest absolute Gasteiger partial charge is 0.465 e. The predicted molar refractivity (Wildman–Crippen MR) is 49.4 cm³/mol. The number of hydrogen-bond donors (Lipinski definition) is 2. The van der Waals surface area contributed by atoms with Gasteiger partial charge in [-0.25, -0.2) is 0 Å². The van der Waals surface area contributed by atoms with E-state index in [4.69, 9.17) is 9.52 Å². The highest BCUT2D eigenvalue weighted by molar-refractivity contribution is 5.10. The van der Waals surface area contributed by atoms with Crippen molar-refractivity contribution in [3.8, 4) is 0 Å². The van der Waals surface area contributed by atoms with E-state index in [9.17, 15) is 0 Å². The van der Waals surface area contributed by atoms with Crippen LogP contribution in [-0.2, 0) is 0 Å². The van der Waals surface area contributed by atoms with Gasteiger partial charge < -0.3 is 14.8 Å². The van der Waals surface area contributed by atoms with Crippen molar-refractivity contribution in [3.63, 3.8) is 0 Å². The summed E-state index contributed by atoms with van der Waals surface area (Å²) in [6, 6.07) is 4.40. The molecule has 72 valence electrons. The Hall–Kier alpha value is -0.800. The molecule has 1 unspecified atom stereocenters. The Balaban J connectivity index is 2.01. The normalized spacial score (nSPS) is 18.9. The molecule has 1 aliphatic rings. The molecule has 3 nitrogen and oxygen atoms in total. The van der Waals surface area contributed by atoms with Crippen LogP contribution in [0.25, 0.3) is 0 Å². The standard InChI is InChI=1S/C10H15NO2/c1-7-2-5-10(13-7)9(6-12)11-8-3-4-8/h2,5,8-9,11-12H,3-4,6H2,1H3. The summed E-state index contributed by atoms with van der Waals surface area (Å²) in [4.78, 5) is 0. The van der Waals surface area contributed by atoms with E-state index in [2.05, 4.69) is 5.32 Å². The van der Waals surface area contributed by atoms with Crippen LogP contribution in [0.4, 0.5) is 0 Å². The number of rotatable bonds is 4. The van der Waals surface area contributed by atoms with Gasteiger partial charge >= 0.3 is 0 Å². The van der Waals surface area contributed by atoms with Crippen molar-refractivity contribution in [1.82, 2.24) is 5.32 Å². The first-order valence-electron chi connectivity index (χ1n) is 4.73. The van der Waals surface area contributed by atoms with Crippen LogP contribution in [0.15, 0.2) is 16.5 Å². The maximum atomic E-state index is 9.14. The number of hydrogen-bond acceptors (Lipinski definition) is 3. The first kappa shape index (κ1) is 8.78. The fourth-order valence-corrected chi connectivity index (χ4v) is 1.40. The van der Waals surface area contributed by atoms with Crippen LogP contribution in [0.1, 0.15) is 30.4 Å². The number of aryl methyl sites for hydroxylation is 1. The lowest BCUT2D eigenvalue weighted by molar-refractivity contribution is 0.224. The summed E-state index contributed by atoms with van der Waals surface area (Å²) < 4.78 is 5.44. The van der Waals surface area contributed by atoms with E-state index in [0.717, 1.165) is 11.5 Å². The molecule has 1 saturated carbocycles. The highest BCUT2D eigenvalue weighted by Crippen LogP contribution is 2.24. The van der Waals surface area contributed by atoms with E-state index in [1.165, 1.54) is 12.8 Å². The van der Waals surface area contributed by atoms with E-state index >= 15 is 0 Å². The van der Waals surface area contributed by atoms with Gasteiger partial charge in [0.2, 0.25) is 0 Å². The summed E-state index contributed by atoms with van der Waals surface area (Å²) in [5, 5.41) is 12.5. The lowest BCUT2D eigenvalue weighted by Gasteiger charge is -2.12. The second-order valence-corrected chi connectivity index (χ2v) is 3.62. The van der Waals surface area contributed by atoms with Crippen LogP contribution < -0.4 is 5.32 Å². The zero-order chi connectivity index (χ0) is 9.26. The number of aliphatic hydroxyl groups excluding tert-OH is 1. The molecule has 2 rings (SSSR count). The molecule has 0 aliphatic heterocycles. The zero-order valence-corrected chi connectivity index (χ0v) is 7.79. The summed E-state index contributed by atoms with van der Waals surface area (Å²) in [5.74, 6) is 1.73. The van der Waals surface area contributed by atoms with Gasteiger partial charge in [0, 0.05) is 6.04 Å². The van der Waals surface area contributed by atoms with Gasteiger partial charge in [0.05, 0.1) is 12.6 Å². The summed E-state index contributed by atoms with van der Waals surface area (Å²) >= 11 is 0. The molecular weight excluding hydrogens is 166 g/mol. The molecule has 0 spiro atoms. The fourth-order valence-electron chi connectivity index (χ4n) is 1.40. The molecule has 0 amide bonds. The summed E-state index contributed by atoms with van der Waals surface area (Å²) in [7, 11) is 0. The van der Waals surface area contributed by atoms with E-state index in [-0.39, 0.29) is 12.6 Å². The molecule has 1 aromatic rings. The van der Waals surface area contributed by atoms with Crippen molar-refractivity contribution in [2.45, 2.75) is 31.8 Å². The molecule has 1 aromatic heterocycles. The van der Waals surface area contributed by atoms with Crippen LogP contribution in [0, 0.1) is 6.92 Å². The van der Waals surface area contributed by atoms with Gasteiger partial charge in [-0.3, -0.25) is 0 Å². The average molecular weight is 181 g/mol. The number of furan rings is 1. The Morgan fingerprint density at radius 2 is 2.38 bits per heavy atom. The van der Waals surface area contributed by atoms with E-state index in [1.54, 1.807) is 0 Å². The van der Waals surface area contributed by atoms with Gasteiger partial charge in [0.25, 0.3) is 0 Å². The molecule has 13 heavy (non-hydrogen) atoms. The van der Waals surface area contributed by atoms with Gasteiger partial charge in [-0.05, 0) is 31.9 Å². The maximum Gasteiger partial charge on any atom is 0.123 e. The quantitative estimate of drug-likeness (QED) is 0.737. The van der Waals surface area contributed by atoms with Gasteiger partial charge in [-0.1, -0.05) is 0 Å². The Kier molecular flexibility index (Phi) is 2.38. The number of aliphatic hydroxyl groups is 1. The maximum absolute atomic E-state index is 9.14. The first-order chi connectivity index (χ1) is 6.29. The molecule has 0 saturated heterocycles. The molecule has 1 fully saturated rings. The van der Waals surface area contributed by atoms with Gasteiger partial charge in [-0.15, -0.1) is 0 Å². The van der Waals surface area contributed by atoms with E-state index in [0.29, 0.717) is 6.04 Å². The molecule has 0 radical (unpaired) electrons. The molecule has 1 atom stereocenters. The summed E-state index contributed by atoms with van der Waals surface area (Å²) in [6.07, 6.45) is 2.44. The Morgan fingerprint density at radius 3 is 2.85 bits per heavy atom. The minimum atomic E-state index is -0.0267. The molecule has 2 N–H and O–H groups in total. The molecule has 0 aromatic carbocycles. The minimum absolute atomic E-state index is 0.0267. The van der Waals surface area contributed by atoms with Crippen LogP contribution >= 0.6 is 0 Å². The van der Waals surface area contributed by atoms with Crippen LogP contribution in [0.3, 0.4) is 0 Å². The van der Waals surface area contributed by atoms with Crippen molar-refractivity contribution in [2.24, 2.45) is 0 Å². The van der Waals surface area contributed by atoms with Crippen LogP contribution in [-0.4, -0.2) is 17.8 Å². The summed E-state index contributed by atoms with van der Waals surface area (Å²) in [5.41, 5.74) is 0. The molecule has 1 aliphatic carbocycles. The highest BCUT2D eigenvalue weighted by Gasteiger charge is 2.26. The SMILES string of the molecule is Cc1ccc(C(CO)NC2CC2)o1. The Bertz CT molecular complexity index is 278. The second kappa shape index (κ2) is 3.52. The third-order valence-corrected chi connectivity index (χ3v) is 2.30. The van der Waals surface area contributed by atoms with Gasteiger partial charge in [-0.2, -0.15) is 0 Å². The molecular formula is C10H15NO2. The summed E-state index contributed by atoms with van der Waals surface area (Å²) in [6.45, 7) is 2.01. The topological polar surface area (TPSA) is 45.4 Å². The third-order valence-electron chi connectivity index (χ3n) is 2.30. The smallest absolute Gasteiger partial charge is 0.123 e. The van der Waals surface area contributed by atoms with Crippen LogP contribution in [0.2, 0.25) is 0 Å². The lowest BCUT2D eigenvalue weighted by atomic mass is 10.2. The van der Waals surface area contributed by atoms with E-state index in [1.807, 2.05) is 19.1 Å². The Labute approximate surface area is 77.8 Å². The molecule has 3 heteroatoms. The first-order valence-corrected chi connectivity index (χ1v) is 4.73. The lowest BCUT2D eigenvalue weighted by Crippen LogP contribution is -2.25. The van der Waals surface area contributed by atoms with Crippen molar-refractivity contribution in [2.75, 3.05) is 6.61 Å². The average Bonchev–Trinajstić information content (AvgIpc) is 2.84. The van der Waals surface area contributed by atoms with Crippen molar-refractivity contribution in [3.05, 3.63) is 23.7 Å². The fraction of sp³-hybridized carbons (Fsp3) is 0.600. The van der Waals surface area contributed by atoms with Crippen molar-refractivity contribution < 1.29 is 9.52 Å². The van der Waals surface area contributed by atoms with E-state index < -0.39 is 0 Å². The van der Waals surface area contributed by atoms with Gasteiger partial charge in [0.1, 0.15) is 11.5 Å². The molecule has 0 bridgehead atoms. The van der Waals surface area contributed by atoms with Crippen molar-refractivity contribution in [1.29, 1.82) is 0 Å². The third kappa shape index (κ3) is 2.11. The Morgan fingerprint density at radius 1 is 1.62 bits per heavy atom. The highest BCUT2D eigenvalue weighted by atomic mass is 16.3. The minimum Gasteiger partial charge on any atom is -0.465 e. The number of nitrogens with one attached hydrogen (secondary N) is 1. The monoisotopic (exact) mass is 181 g/mol. The van der Waals surface area contributed by atoms with Crippen LogP contribution in [0.5, 0.6) is 0 Å². The predicted octanol–water partition coefficient (Wildman–Crippen LogP) is 1.37. The van der Waals surface area contributed by atoms with Gasteiger partial charge in [0.15, 0.2) is 0 Å². The van der Waals surface area contributed by atoms with Crippen molar-refractivity contribution >= 4 is 0 Å². The second-order valence-electron chi connectivity index (χ2n) is 3.62. The molecule has 1 heterocycles. The zero-order valence-electron chi connectivity index (χ0n) is 7.79.